The van der Waals surface area contributed by atoms with E-state index in [1.165, 1.54) is 0 Å². The number of carboxylic acid groups (broad SMARTS) is 1. The third-order valence-electron chi connectivity index (χ3n) is 0.114. The van der Waals surface area contributed by atoms with Gasteiger partial charge in [0.2, 0.25) is 0 Å². The third-order valence-corrected chi connectivity index (χ3v) is 0.114. The molecule has 0 aliphatic rings. The summed E-state index contributed by atoms with van der Waals surface area (Å²) in [6.45, 7) is -1.28. The monoisotopic (exact) mass is 212 g/mol. The molecule has 0 saturated heterocycles. The zero-order valence-electron chi connectivity index (χ0n) is 2.44. The molecule has 0 radical (unpaired) electrons. The van der Waals surface area contributed by atoms with Crippen LogP contribution < -0.4 is 0 Å². The zero-order chi connectivity index (χ0) is 4.28. The summed E-state index contributed by atoms with van der Waals surface area (Å²) in [6, 6.07) is 0. The van der Waals surface area contributed by atoms with E-state index in [0.29, 0.717) is 0 Å². The fourth-order valence-corrected chi connectivity index (χ4v) is 0. The number of rotatable bonds is 1. The van der Waals surface area contributed by atoms with Gasteiger partial charge in [-0.3, -0.25) is 0 Å². The summed E-state index contributed by atoms with van der Waals surface area (Å²) < 4.78 is 10.5. The number of carboxylic acids is 1. The molecule has 0 aromatic rings. The molecule has 2 nitrogen and oxygen atoms in total. The van der Waals surface area contributed by atoms with Crippen molar-refractivity contribution in [3.8, 4) is 0 Å². The summed E-state index contributed by atoms with van der Waals surface area (Å²) in [5.41, 5.74) is 0. The van der Waals surface area contributed by atoms with Gasteiger partial charge >= 0.3 is 74.9 Å². The van der Waals surface area contributed by atoms with Crippen LogP contribution in [-0.4, -0.2) is 86.6 Å². The van der Waals surface area contributed by atoms with Crippen LogP contribution in [0.2, 0.25) is 0 Å². The van der Waals surface area contributed by atoms with Crippen LogP contribution in [0, 0.1) is 0 Å². The molecule has 0 aromatic heterocycles. The molecule has 0 saturated carbocycles. The van der Waals surface area contributed by atoms with E-state index in [2.05, 4.69) is 0 Å². The Morgan fingerprint density at radius 1 is 1.83 bits per heavy atom. The van der Waals surface area contributed by atoms with Crippen molar-refractivity contribution in [2.75, 3.05) is 6.67 Å². The van der Waals surface area contributed by atoms with Gasteiger partial charge in [-0.1, -0.05) is 0 Å². The van der Waals surface area contributed by atoms with E-state index in [9.17, 15) is 4.39 Å². The molecule has 32 valence electrons. The Hall–Kier alpha value is 1.45. The molecule has 0 unspecified atom stereocenters. The van der Waals surface area contributed by atoms with Crippen LogP contribution in [0.15, 0.2) is 0 Å². The second-order valence-electron chi connectivity index (χ2n) is 0.527. The topological polar surface area (TPSA) is 37.3 Å². The van der Waals surface area contributed by atoms with Crippen molar-refractivity contribution in [3.63, 3.8) is 0 Å². The molecule has 0 bridgehead atoms. The Balaban J connectivity index is 0. The number of halogens is 1. The molecule has 0 heterocycles. The van der Waals surface area contributed by atoms with Gasteiger partial charge in [-0.05, 0) is 0 Å². The Morgan fingerprint density at radius 2 is 2.00 bits per heavy atom. The van der Waals surface area contributed by atoms with E-state index in [1.807, 2.05) is 0 Å². The molecule has 0 aromatic carbocycles. The van der Waals surface area contributed by atoms with Crippen LogP contribution in [0.4, 0.5) is 4.39 Å². The van der Waals surface area contributed by atoms with E-state index < -0.39 is 12.6 Å². The summed E-state index contributed by atoms with van der Waals surface area (Å²) in [4.78, 5) is 8.99. The summed E-state index contributed by atoms with van der Waals surface area (Å²) in [5, 5.41) is 7.35. The van der Waals surface area contributed by atoms with Crippen molar-refractivity contribution in [2.24, 2.45) is 0 Å². The van der Waals surface area contributed by atoms with Crippen LogP contribution in [0.5, 0.6) is 0 Å². The summed E-state index contributed by atoms with van der Waals surface area (Å²) >= 11 is 0. The van der Waals surface area contributed by atoms with Gasteiger partial charge in [-0.15, -0.1) is 0 Å². The summed E-state index contributed by atoms with van der Waals surface area (Å²) in [7, 11) is 0. The van der Waals surface area contributed by atoms with Gasteiger partial charge in [0.15, 0.2) is 6.67 Å². The van der Waals surface area contributed by atoms with E-state index in [-0.39, 0.29) is 68.9 Å². The normalized spacial score (nSPS) is 6.17. The SMILES string of the molecule is O=C(O)CF.[CsH]. The van der Waals surface area contributed by atoms with E-state index in [1.54, 1.807) is 0 Å². The van der Waals surface area contributed by atoms with Crippen molar-refractivity contribution in [3.05, 3.63) is 0 Å². The van der Waals surface area contributed by atoms with E-state index in [4.69, 9.17) is 9.90 Å². The van der Waals surface area contributed by atoms with Gasteiger partial charge in [-0.2, -0.15) is 0 Å². The van der Waals surface area contributed by atoms with Crippen molar-refractivity contribution < 1.29 is 14.3 Å². The molecule has 0 spiro atoms. The Kier molecular flexibility index (Phi) is 11.2. The first-order chi connectivity index (χ1) is 2.27. The first kappa shape index (κ1) is 10.4. The first-order valence-corrected chi connectivity index (χ1v) is 1.05. The second kappa shape index (κ2) is 6.45. The number of aliphatic carboxylic acids is 1. The third kappa shape index (κ3) is 9.07. The van der Waals surface area contributed by atoms with E-state index in [0.717, 1.165) is 0 Å². The predicted octanol–water partition coefficient (Wildman–Crippen LogP) is -0.608. The summed E-state index contributed by atoms with van der Waals surface area (Å²) in [6.07, 6.45) is 0. The Morgan fingerprint density at radius 3 is 2.00 bits per heavy atom. The van der Waals surface area contributed by atoms with Gasteiger partial charge in [0.25, 0.3) is 0 Å². The Labute approximate surface area is 93.5 Å². The van der Waals surface area contributed by atoms with Crippen LogP contribution in [0.1, 0.15) is 0 Å². The second-order valence-corrected chi connectivity index (χ2v) is 0.527. The number of hydrogen-bond acceptors (Lipinski definition) is 1. The molecule has 0 atom stereocenters. The molecule has 0 rings (SSSR count). The van der Waals surface area contributed by atoms with Crippen molar-refractivity contribution in [1.29, 1.82) is 0 Å². The van der Waals surface area contributed by atoms with Gasteiger partial charge in [-0.25, -0.2) is 9.18 Å². The van der Waals surface area contributed by atoms with Crippen molar-refractivity contribution in [2.45, 2.75) is 0 Å². The molecular formula is C2H4CsFO2. The van der Waals surface area contributed by atoms with Gasteiger partial charge in [0, 0.05) is 0 Å². The summed E-state index contributed by atoms with van der Waals surface area (Å²) in [5.74, 6) is -1.41. The molecule has 6 heavy (non-hydrogen) atoms. The van der Waals surface area contributed by atoms with Gasteiger partial charge < -0.3 is 5.11 Å². The number of carbonyl (C=O) groups is 1. The van der Waals surface area contributed by atoms with E-state index >= 15 is 0 Å². The zero-order valence-corrected chi connectivity index (χ0v) is 2.44. The predicted molar refractivity (Wildman–Crippen MR) is 20.8 cm³/mol. The van der Waals surface area contributed by atoms with Crippen LogP contribution >= 0.6 is 0 Å². The molecule has 0 aliphatic carbocycles. The molecule has 0 aliphatic heterocycles. The average Bonchev–Trinajstić information content (AvgIpc) is 1.38. The minimum absolute atomic E-state index is 0. The molecule has 4 heteroatoms. The maximum atomic E-state index is 10.5. The first-order valence-electron chi connectivity index (χ1n) is 1.05. The maximum absolute atomic E-state index is 10.5. The van der Waals surface area contributed by atoms with Crippen LogP contribution in [0.3, 0.4) is 0 Å². The average molecular weight is 212 g/mol. The van der Waals surface area contributed by atoms with Crippen LogP contribution in [0.25, 0.3) is 0 Å². The van der Waals surface area contributed by atoms with Crippen molar-refractivity contribution in [1.82, 2.24) is 0 Å². The van der Waals surface area contributed by atoms with Crippen LogP contribution in [-0.2, 0) is 4.79 Å². The fraction of sp³-hybridized carbons (Fsp3) is 0.500. The molecular weight excluding hydrogens is 208 g/mol. The molecule has 0 fully saturated rings. The van der Waals surface area contributed by atoms with Gasteiger partial charge in [0.05, 0.1) is 0 Å². The number of alkyl halides is 1. The Bertz CT molecular complexity index is 46.8. The quantitative estimate of drug-likeness (QED) is 0.629. The molecule has 0 amide bonds. The fourth-order valence-electron chi connectivity index (χ4n) is 0. The number of hydrogen-bond donors (Lipinski definition) is 1. The minimum atomic E-state index is -1.41. The molecule has 1 N–H and O–H groups in total. The van der Waals surface area contributed by atoms with Crippen molar-refractivity contribution >= 4 is 74.9 Å². The van der Waals surface area contributed by atoms with Gasteiger partial charge in [0.1, 0.15) is 0 Å². The standard InChI is InChI=1S/C2H3FO2.Cs.H/c3-1-2(4)5;;/h1H2,(H,4,5);;.